The molecule has 0 saturated heterocycles. The van der Waals surface area contributed by atoms with Gasteiger partial charge in [0, 0.05) is 19.6 Å². The Morgan fingerprint density at radius 1 is 1.10 bits per heavy atom. The quantitative estimate of drug-likeness (QED) is 0.716. The van der Waals surface area contributed by atoms with Gasteiger partial charge in [0.2, 0.25) is 11.9 Å². The molecule has 1 aromatic rings. The molecule has 0 amide bonds. The van der Waals surface area contributed by atoms with E-state index in [0.717, 1.165) is 32.5 Å². The Morgan fingerprint density at radius 3 is 2.38 bits per heavy atom. The number of nitrogens with zero attached hydrogens (tertiary/aromatic N) is 4. The third-order valence-corrected chi connectivity index (χ3v) is 3.26. The molecule has 1 rings (SSSR count). The zero-order chi connectivity index (χ0) is 15.7. The highest BCUT2D eigenvalue weighted by Crippen LogP contribution is 2.16. The lowest BCUT2D eigenvalue weighted by molar-refractivity contribution is 0.233. The predicted molar refractivity (Wildman–Crippen MR) is 87.1 cm³/mol. The number of nitrogens with one attached hydrogen (secondary N) is 1. The second-order valence-electron chi connectivity index (χ2n) is 5.15. The molecule has 6 nitrogen and oxygen atoms in total. The molecule has 120 valence electrons. The average Bonchev–Trinajstić information content (AvgIpc) is 2.47. The van der Waals surface area contributed by atoms with Gasteiger partial charge in [-0.15, -0.1) is 0 Å². The molecule has 1 atom stereocenters. The van der Waals surface area contributed by atoms with Crippen molar-refractivity contribution in [3.8, 4) is 6.01 Å². The molecule has 0 aliphatic carbocycles. The number of hydrogen-bond donors (Lipinski definition) is 1. The Kier molecular flexibility index (Phi) is 7.79. The standard InChI is InChI=1S/C15H29N5O/c1-6-10-12(5)11-21-15-18-13(16-7-2)17-14(19-15)20(8-3)9-4/h12H,6-11H2,1-5H3,(H,16,17,18,19). The van der Waals surface area contributed by atoms with E-state index in [-0.39, 0.29) is 0 Å². The lowest BCUT2D eigenvalue weighted by atomic mass is 10.1. The number of rotatable bonds is 10. The number of aromatic nitrogens is 3. The largest absolute Gasteiger partial charge is 0.463 e. The van der Waals surface area contributed by atoms with Crippen molar-refractivity contribution in [3.63, 3.8) is 0 Å². The summed E-state index contributed by atoms with van der Waals surface area (Å²) in [4.78, 5) is 15.3. The fourth-order valence-electron chi connectivity index (χ4n) is 2.09. The molecule has 1 unspecified atom stereocenters. The monoisotopic (exact) mass is 295 g/mol. The fourth-order valence-corrected chi connectivity index (χ4v) is 2.09. The predicted octanol–water partition coefficient (Wildman–Crippen LogP) is 2.96. The molecule has 21 heavy (non-hydrogen) atoms. The van der Waals surface area contributed by atoms with Gasteiger partial charge in [-0.2, -0.15) is 15.0 Å². The van der Waals surface area contributed by atoms with E-state index in [1.165, 1.54) is 0 Å². The van der Waals surface area contributed by atoms with Gasteiger partial charge in [-0.1, -0.05) is 20.3 Å². The van der Waals surface area contributed by atoms with E-state index in [9.17, 15) is 0 Å². The van der Waals surface area contributed by atoms with E-state index < -0.39 is 0 Å². The van der Waals surface area contributed by atoms with Crippen LogP contribution in [-0.2, 0) is 0 Å². The van der Waals surface area contributed by atoms with Crippen molar-refractivity contribution in [1.82, 2.24) is 15.0 Å². The minimum atomic E-state index is 0.408. The smallest absolute Gasteiger partial charge is 0.323 e. The van der Waals surface area contributed by atoms with Crippen LogP contribution in [0, 0.1) is 5.92 Å². The van der Waals surface area contributed by atoms with Crippen molar-refractivity contribution in [2.45, 2.75) is 47.5 Å². The van der Waals surface area contributed by atoms with Crippen molar-refractivity contribution in [1.29, 1.82) is 0 Å². The van der Waals surface area contributed by atoms with Crippen LogP contribution in [0.1, 0.15) is 47.5 Å². The number of anilines is 2. The summed E-state index contributed by atoms with van der Waals surface area (Å²) >= 11 is 0. The molecule has 0 fully saturated rings. The molecular weight excluding hydrogens is 266 g/mol. The van der Waals surface area contributed by atoms with Gasteiger partial charge in [0.25, 0.3) is 0 Å². The summed E-state index contributed by atoms with van der Waals surface area (Å²) in [5.74, 6) is 1.75. The van der Waals surface area contributed by atoms with E-state index in [4.69, 9.17) is 4.74 Å². The SMILES string of the molecule is CCCC(C)COc1nc(NCC)nc(N(CC)CC)n1. The molecule has 6 heteroatoms. The first-order chi connectivity index (χ1) is 10.1. The van der Waals surface area contributed by atoms with Crippen LogP contribution in [0.4, 0.5) is 11.9 Å². The first-order valence-corrected chi connectivity index (χ1v) is 8.02. The highest BCUT2D eigenvalue weighted by molar-refractivity contribution is 5.38. The van der Waals surface area contributed by atoms with E-state index in [1.807, 2.05) is 6.92 Å². The molecule has 0 radical (unpaired) electrons. The minimum absolute atomic E-state index is 0.408. The summed E-state index contributed by atoms with van der Waals surface area (Å²) in [6.07, 6.45) is 2.31. The topological polar surface area (TPSA) is 63.2 Å². The molecule has 1 aromatic heterocycles. The number of ether oxygens (including phenoxy) is 1. The van der Waals surface area contributed by atoms with Crippen molar-refractivity contribution < 1.29 is 4.74 Å². The molecule has 0 saturated carbocycles. The zero-order valence-corrected chi connectivity index (χ0v) is 14.0. The minimum Gasteiger partial charge on any atom is -0.463 e. The number of hydrogen-bond acceptors (Lipinski definition) is 6. The van der Waals surface area contributed by atoms with Gasteiger partial charge in [0.1, 0.15) is 0 Å². The average molecular weight is 295 g/mol. The Bertz CT molecular complexity index is 409. The fraction of sp³-hybridized carbons (Fsp3) is 0.800. The maximum atomic E-state index is 5.76. The summed E-state index contributed by atoms with van der Waals surface area (Å²) in [6, 6.07) is 0.408. The van der Waals surface area contributed by atoms with Crippen molar-refractivity contribution in [3.05, 3.63) is 0 Å². The Hall–Kier alpha value is -1.59. The Balaban J connectivity index is 2.86. The molecule has 0 aliphatic heterocycles. The normalized spacial score (nSPS) is 12.0. The molecule has 0 aromatic carbocycles. The molecule has 0 aliphatic rings. The van der Waals surface area contributed by atoms with Gasteiger partial charge in [-0.05, 0) is 33.1 Å². The summed E-state index contributed by atoms with van der Waals surface area (Å²) in [7, 11) is 0. The van der Waals surface area contributed by atoms with E-state index in [0.29, 0.717) is 30.4 Å². The summed E-state index contributed by atoms with van der Waals surface area (Å²) in [5, 5.41) is 3.14. The highest BCUT2D eigenvalue weighted by atomic mass is 16.5. The molecule has 0 bridgehead atoms. The molecule has 1 N–H and O–H groups in total. The van der Waals surface area contributed by atoms with Gasteiger partial charge in [-0.3, -0.25) is 0 Å². The van der Waals surface area contributed by atoms with E-state index in [2.05, 4.69) is 52.9 Å². The van der Waals surface area contributed by atoms with Gasteiger partial charge in [-0.25, -0.2) is 0 Å². The van der Waals surface area contributed by atoms with Gasteiger partial charge >= 0.3 is 6.01 Å². The lowest BCUT2D eigenvalue weighted by Crippen LogP contribution is -2.25. The second kappa shape index (κ2) is 9.37. The van der Waals surface area contributed by atoms with Crippen molar-refractivity contribution in [2.75, 3.05) is 36.5 Å². The van der Waals surface area contributed by atoms with Crippen molar-refractivity contribution in [2.24, 2.45) is 5.92 Å². The van der Waals surface area contributed by atoms with Crippen LogP contribution >= 0.6 is 0 Å². The summed E-state index contributed by atoms with van der Waals surface area (Å²) < 4.78 is 5.76. The first kappa shape index (κ1) is 17.5. The van der Waals surface area contributed by atoms with Gasteiger partial charge in [0.05, 0.1) is 6.61 Å². The Labute approximate surface area is 128 Å². The third-order valence-electron chi connectivity index (χ3n) is 3.26. The third kappa shape index (κ3) is 5.73. The van der Waals surface area contributed by atoms with Crippen LogP contribution < -0.4 is 15.0 Å². The highest BCUT2D eigenvalue weighted by Gasteiger charge is 2.12. The second-order valence-corrected chi connectivity index (χ2v) is 5.15. The lowest BCUT2D eigenvalue weighted by Gasteiger charge is -2.19. The molecule has 0 spiro atoms. The van der Waals surface area contributed by atoms with Crippen LogP contribution in [0.25, 0.3) is 0 Å². The van der Waals surface area contributed by atoms with Crippen molar-refractivity contribution >= 4 is 11.9 Å². The summed E-state index contributed by atoms with van der Waals surface area (Å²) in [6.45, 7) is 13.7. The van der Waals surface area contributed by atoms with Crippen LogP contribution in [0.5, 0.6) is 6.01 Å². The summed E-state index contributed by atoms with van der Waals surface area (Å²) in [5.41, 5.74) is 0. The van der Waals surface area contributed by atoms with Crippen LogP contribution in [0.2, 0.25) is 0 Å². The Morgan fingerprint density at radius 2 is 1.81 bits per heavy atom. The zero-order valence-electron chi connectivity index (χ0n) is 14.0. The van der Waals surface area contributed by atoms with Crippen LogP contribution in [-0.4, -0.2) is 41.2 Å². The van der Waals surface area contributed by atoms with Gasteiger partial charge < -0.3 is 15.0 Å². The van der Waals surface area contributed by atoms with E-state index in [1.54, 1.807) is 0 Å². The van der Waals surface area contributed by atoms with Gasteiger partial charge in [0.15, 0.2) is 0 Å². The van der Waals surface area contributed by atoms with E-state index >= 15 is 0 Å². The van der Waals surface area contributed by atoms with Crippen LogP contribution in [0.15, 0.2) is 0 Å². The first-order valence-electron chi connectivity index (χ1n) is 8.02. The molecule has 1 heterocycles. The molecular formula is C15H29N5O. The maximum Gasteiger partial charge on any atom is 0.323 e. The van der Waals surface area contributed by atoms with Crippen LogP contribution in [0.3, 0.4) is 0 Å². The maximum absolute atomic E-state index is 5.76.